The van der Waals surface area contributed by atoms with Crippen LogP contribution in [0.25, 0.3) is 0 Å². The summed E-state index contributed by atoms with van der Waals surface area (Å²) in [6.45, 7) is 4.51. The Labute approximate surface area is 95.4 Å². The first-order valence-corrected chi connectivity index (χ1v) is 5.53. The van der Waals surface area contributed by atoms with Crippen molar-refractivity contribution in [2.45, 2.75) is 26.2 Å². The number of fused-ring (bicyclic) bond motifs is 1. The number of esters is 1. The first-order chi connectivity index (χ1) is 7.69. The Bertz CT molecular complexity index is 423. The minimum absolute atomic E-state index is 0.264. The third-order valence-corrected chi connectivity index (χ3v) is 3.14. The fraction of sp³-hybridized carbons (Fsp3) is 0.462. The molecule has 2 rings (SSSR count). The maximum atomic E-state index is 11.8. The van der Waals surface area contributed by atoms with E-state index in [9.17, 15) is 4.79 Å². The summed E-state index contributed by atoms with van der Waals surface area (Å²) in [4.78, 5) is 11.8. The highest BCUT2D eigenvalue weighted by atomic mass is 16.5. The van der Waals surface area contributed by atoms with Gasteiger partial charge in [0.1, 0.15) is 11.3 Å². The summed E-state index contributed by atoms with van der Waals surface area (Å²) in [5.41, 5.74) is 2.64. The number of methoxy groups -OCH3 is 1. The van der Waals surface area contributed by atoms with Crippen LogP contribution in [0, 0.1) is 6.92 Å². The zero-order chi connectivity index (χ0) is 11.7. The number of carbonyl (C=O) groups excluding carboxylic acids is 1. The SMILES string of the molecule is CCC1COC(=O)c2c1ccc(C)c2OC. The summed E-state index contributed by atoms with van der Waals surface area (Å²) in [6.07, 6.45) is 0.965. The van der Waals surface area contributed by atoms with Gasteiger partial charge in [0.25, 0.3) is 0 Å². The third kappa shape index (κ3) is 1.56. The molecule has 0 saturated heterocycles. The topological polar surface area (TPSA) is 35.5 Å². The fourth-order valence-electron chi connectivity index (χ4n) is 2.19. The number of hydrogen-bond acceptors (Lipinski definition) is 3. The quantitative estimate of drug-likeness (QED) is 0.719. The van der Waals surface area contributed by atoms with Gasteiger partial charge in [-0.2, -0.15) is 0 Å². The summed E-state index contributed by atoms with van der Waals surface area (Å²) >= 11 is 0. The molecule has 0 spiro atoms. The van der Waals surface area contributed by atoms with Gasteiger partial charge in [0.15, 0.2) is 0 Å². The first kappa shape index (κ1) is 11.0. The molecule has 3 heteroatoms. The summed E-state index contributed by atoms with van der Waals surface area (Å²) in [6, 6.07) is 4.01. The van der Waals surface area contributed by atoms with Crippen LogP contribution in [0.1, 0.15) is 40.7 Å². The lowest BCUT2D eigenvalue weighted by atomic mass is 9.89. The Balaban J connectivity index is 2.62. The van der Waals surface area contributed by atoms with Gasteiger partial charge in [-0.1, -0.05) is 19.1 Å². The van der Waals surface area contributed by atoms with Gasteiger partial charge >= 0.3 is 5.97 Å². The molecule has 0 aromatic heterocycles. The smallest absolute Gasteiger partial charge is 0.342 e. The van der Waals surface area contributed by atoms with Crippen LogP contribution < -0.4 is 4.74 Å². The maximum absolute atomic E-state index is 11.8. The molecule has 0 N–H and O–H groups in total. The summed E-state index contributed by atoms with van der Waals surface area (Å²) in [5.74, 6) is 0.683. The normalized spacial score (nSPS) is 18.9. The van der Waals surface area contributed by atoms with Crippen LogP contribution in [-0.2, 0) is 4.74 Å². The largest absolute Gasteiger partial charge is 0.496 e. The highest BCUT2D eigenvalue weighted by molar-refractivity contribution is 5.96. The van der Waals surface area contributed by atoms with Crippen molar-refractivity contribution in [2.24, 2.45) is 0 Å². The molecule has 1 aliphatic heterocycles. The van der Waals surface area contributed by atoms with Crippen LogP contribution in [-0.4, -0.2) is 19.7 Å². The molecular formula is C13H16O3. The number of ether oxygens (including phenoxy) is 2. The summed E-state index contributed by atoms with van der Waals surface area (Å²) < 4.78 is 10.5. The van der Waals surface area contributed by atoms with Crippen LogP contribution in [0.4, 0.5) is 0 Å². The van der Waals surface area contributed by atoms with Crippen LogP contribution in [0.2, 0.25) is 0 Å². The van der Waals surface area contributed by atoms with Gasteiger partial charge in [-0.25, -0.2) is 4.79 Å². The van der Waals surface area contributed by atoms with Crippen LogP contribution in [0.15, 0.2) is 12.1 Å². The maximum Gasteiger partial charge on any atom is 0.342 e. The Morgan fingerprint density at radius 3 is 2.88 bits per heavy atom. The van der Waals surface area contributed by atoms with Crippen molar-refractivity contribution in [1.29, 1.82) is 0 Å². The van der Waals surface area contributed by atoms with Gasteiger partial charge in [-0.3, -0.25) is 0 Å². The van der Waals surface area contributed by atoms with E-state index in [1.165, 1.54) is 0 Å². The van der Waals surface area contributed by atoms with Crippen molar-refractivity contribution in [1.82, 2.24) is 0 Å². The fourth-order valence-corrected chi connectivity index (χ4v) is 2.19. The van der Waals surface area contributed by atoms with E-state index in [1.807, 2.05) is 19.1 Å². The van der Waals surface area contributed by atoms with Crippen molar-refractivity contribution in [3.05, 3.63) is 28.8 Å². The average Bonchev–Trinajstić information content (AvgIpc) is 2.30. The number of rotatable bonds is 2. The number of cyclic esters (lactones) is 1. The monoisotopic (exact) mass is 220 g/mol. The molecule has 1 unspecified atom stereocenters. The van der Waals surface area contributed by atoms with Crippen molar-refractivity contribution in [3.63, 3.8) is 0 Å². The second kappa shape index (κ2) is 4.16. The second-order valence-corrected chi connectivity index (χ2v) is 4.08. The molecule has 0 amide bonds. The number of hydrogen-bond donors (Lipinski definition) is 0. The van der Waals surface area contributed by atoms with Crippen LogP contribution in [0.3, 0.4) is 0 Å². The minimum Gasteiger partial charge on any atom is -0.496 e. The molecule has 0 radical (unpaired) electrons. The highest BCUT2D eigenvalue weighted by Gasteiger charge is 2.29. The predicted molar refractivity (Wildman–Crippen MR) is 61.0 cm³/mol. The Kier molecular flexibility index (Phi) is 2.86. The zero-order valence-corrected chi connectivity index (χ0v) is 9.87. The van der Waals surface area contributed by atoms with E-state index in [2.05, 4.69) is 6.92 Å². The lowest BCUT2D eigenvalue weighted by Crippen LogP contribution is -2.23. The Morgan fingerprint density at radius 1 is 1.50 bits per heavy atom. The molecule has 1 aromatic carbocycles. The molecule has 1 aromatic rings. The van der Waals surface area contributed by atoms with E-state index in [1.54, 1.807) is 7.11 Å². The van der Waals surface area contributed by atoms with Gasteiger partial charge < -0.3 is 9.47 Å². The van der Waals surface area contributed by atoms with Crippen molar-refractivity contribution in [3.8, 4) is 5.75 Å². The Hall–Kier alpha value is -1.51. The second-order valence-electron chi connectivity index (χ2n) is 4.08. The Morgan fingerprint density at radius 2 is 2.25 bits per heavy atom. The number of benzene rings is 1. The average molecular weight is 220 g/mol. The molecular weight excluding hydrogens is 204 g/mol. The van der Waals surface area contributed by atoms with E-state index in [0.29, 0.717) is 23.8 Å². The minimum atomic E-state index is -0.264. The van der Waals surface area contributed by atoms with Crippen LogP contribution >= 0.6 is 0 Å². The molecule has 3 nitrogen and oxygen atoms in total. The number of aryl methyl sites for hydroxylation is 1. The predicted octanol–water partition coefficient (Wildman–Crippen LogP) is 2.67. The van der Waals surface area contributed by atoms with E-state index in [0.717, 1.165) is 17.5 Å². The zero-order valence-electron chi connectivity index (χ0n) is 9.87. The lowest BCUT2D eigenvalue weighted by Gasteiger charge is -2.26. The van der Waals surface area contributed by atoms with Gasteiger partial charge in [-0.05, 0) is 24.5 Å². The molecule has 86 valence electrons. The molecule has 1 aliphatic rings. The van der Waals surface area contributed by atoms with E-state index in [4.69, 9.17) is 9.47 Å². The van der Waals surface area contributed by atoms with Gasteiger partial charge in [-0.15, -0.1) is 0 Å². The van der Waals surface area contributed by atoms with Crippen molar-refractivity contribution < 1.29 is 14.3 Å². The summed E-state index contributed by atoms with van der Waals surface area (Å²) in [5, 5.41) is 0. The van der Waals surface area contributed by atoms with E-state index in [-0.39, 0.29) is 5.97 Å². The first-order valence-electron chi connectivity index (χ1n) is 5.53. The molecule has 1 heterocycles. The van der Waals surface area contributed by atoms with Gasteiger partial charge in [0.05, 0.1) is 13.7 Å². The van der Waals surface area contributed by atoms with E-state index < -0.39 is 0 Å². The molecule has 0 aliphatic carbocycles. The lowest BCUT2D eigenvalue weighted by molar-refractivity contribution is 0.0433. The summed E-state index contributed by atoms with van der Waals surface area (Å²) in [7, 11) is 1.59. The molecule has 16 heavy (non-hydrogen) atoms. The van der Waals surface area contributed by atoms with Crippen molar-refractivity contribution in [2.75, 3.05) is 13.7 Å². The molecule has 0 fully saturated rings. The highest BCUT2D eigenvalue weighted by Crippen LogP contribution is 2.36. The molecule has 0 saturated carbocycles. The van der Waals surface area contributed by atoms with Crippen molar-refractivity contribution >= 4 is 5.97 Å². The molecule has 1 atom stereocenters. The molecule has 0 bridgehead atoms. The third-order valence-electron chi connectivity index (χ3n) is 3.14. The van der Waals surface area contributed by atoms with Crippen LogP contribution in [0.5, 0.6) is 5.75 Å². The van der Waals surface area contributed by atoms with Gasteiger partial charge in [0, 0.05) is 5.92 Å². The van der Waals surface area contributed by atoms with E-state index >= 15 is 0 Å². The standard InChI is InChI=1S/C13H16O3/c1-4-9-7-16-13(14)11-10(9)6-5-8(2)12(11)15-3/h5-6,9H,4,7H2,1-3H3. The number of carbonyl (C=O) groups is 1. The van der Waals surface area contributed by atoms with Gasteiger partial charge in [0.2, 0.25) is 0 Å².